The lowest BCUT2D eigenvalue weighted by Crippen LogP contribution is -2.45. The van der Waals surface area contributed by atoms with Crippen LogP contribution in [0, 0.1) is 0 Å². The maximum absolute atomic E-state index is 12.3. The lowest BCUT2D eigenvalue weighted by molar-refractivity contribution is -0.124. The molecule has 0 aliphatic rings. The number of hydrogen-bond acceptors (Lipinski definition) is 4. The van der Waals surface area contributed by atoms with Gasteiger partial charge in [0.25, 0.3) is 0 Å². The monoisotopic (exact) mass is 587 g/mol. The van der Waals surface area contributed by atoms with Crippen molar-refractivity contribution >= 4 is 5.91 Å². The number of carbonyl (C=O) groups is 1. The van der Waals surface area contributed by atoms with Crippen LogP contribution in [0.25, 0.3) is 0 Å². The third kappa shape index (κ3) is 28.2. The van der Waals surface area contributed by atoms with Crippen LogP contribution in [-0.4, -0.2) is 46.1 Å². The lowest BCUT2D eigenvalue weighted by atomic mass is 10.0. The van der Waals surface area contributed by atoms with Crippen LogP contribution in [0.15, 0.2) is 60.8 Å². The molecule has 0 aliphatic heterocycles. The minimum atomic E-state index is -0.965. The molecule has 0 aromatic rings. The Balaban J connectivity index is 3.92. The Labute approximate surface area is 259 Å². The molecule has 5 heteroatoms. The van der Waals surface area contributed by atoms with E-state index in [0.717, 1.165) is 64.2 Å². The summed E-state index contributed by atoms with van der Waals surface area (Å²) < 4.78 is 0. The topological polar surface area (TPSA) is 89.8 Å². The van der Waals surface area contributed by atoms with Gasteiger partial charge in [0, 0.05) is 0 Å². The van der Waals surface area contributed by atoms with E-state index in [1.54, 1.807) is 6.08 Å². The van der Waals surface area contributed by atoms with Crippen LogP contribution in [-0.2, 0) is 4.79 Å². The highest BCUT2D eigenvalue weighted by molar-refractivity contribution is 5.76. The molecule has 0 heterocycles. The first-order valence-corrected chi connectivity index (χ1v) is 17.1. The highest BCUT2D eigenvalue weighted by Gasteiger charge is 2.19. The van der Waals surface area contributed by atoms with E-state index in [1.165, 1.54) is 51.4 Å². The number of rotatable bonds is 29. The maximum Gasteiger partial charge on any atom is 0.222 e. The zero-order valence-electron chi connectivity index (χ0n) is 27.1. The van der Waals surface area contributed by atoms with Crippen LogP contribution in [0.1, 0.15) is 142 Å². The minimum absolute atomic E-state index is 0.0148. The first-order valence-electron chi connectivity index (χ1n) is 17.1. The quantitative estimate of drug-likeness (QED) is 0.0400. The Morgan fingerprint density at radius 2 is 1.10 bits per heavy atom. The molecule has 0 saturated carbocycles. The van der Waals surface area contributed by atoms with Gasteiger partial charge in [-0.05, 0) is 70.6 Å². The molecule has 242 valence electrons. The van der Waals surface area contributed by atoms with Crippen LogP contribution in [0.2, 0.25) is 0 Å². The predicted molar refractivity (Wildman–Crippen MR) is 180 cm³/mol. The Morgan fingerprint density at radius 1 is 0.619 bits per heavy atom. The van der Waals surface area contributed by atoms with Gasteiger partial charge in [0.2, 0.25) is 5.91 Å². The third-order valence-electron chi connectivity index (χ3n) is 7.28. The zero-order valence-corrected chi connectivity index (χ0v) is 27.1. The average molecular weight is 588 g/mol. The summed E-state index contributed by atoms with van der Waals surface area (Å²) in [6.45, 7) is 4.10. The number of amides is 1. The normalized spacial score (nSPS) is 14.7. The Morgan fingerprint density at radius 3 is 1.69 bits per heavy atom. The second kappa shape index (κ2) is 32.0. The van der Waals surface area contributed by atoms with E-state index in [-0.39, 0.29) is 18.9 Å². The Kier molecular flexibility index (Phi) is 30.5. The third-order valence-corrected chi connectivity index (χ3v) is 7.28. The number of aliphatic hydroxyl groups is 3. The number of unbranched alkanes of at least 4 members (excludes halogenated alkanes) is 13. The molecule has 3 atom stereocenters. The molecular formula is C37H65NO4. The molecule has 0 saturated heterocycles. The molecule has 0 aromatic heterocycles. The molecule has 5 nitrogen and oxygen atoms in total. The molecule has 0 radical (unpaired) electrons. The van der Waals surface area contributed by atoms with E-state index in [1.807, 2.05) is 6.08 Å². The zero-order chi connectivity index (χ0) is 30.9. The van der Waals surface area contributed by atoms with Gasteiger partial charge in [0.15, 0.2) is 0 Å². The van der Waals surface area contributed by atoms with Crippen LogP contribution >= 0.6 is 0 Å². The van der Waals surface area contributed by atoms with Crippen LogP contribution < -0.4 is 5.32 Å². The molecule has 0 aliphatic carbocycles. The SMILES string of the molecule is CCCCC/C=C\C=C/CCCCCCC(O)CC(=O)NC(CO)C(O)/C=C/CC/C=C/CC/C=C/CCCCCC. The summed E-state index contributed by atoms with van der Waals surface area (Å²) in [6.07, 6.45) is 40.5. The van der Waals surface area contributed by atoms with Crippen molar-refractivity contribution in [2.45, 2.75) is 161 Å². The maximum atomic E-state index is 12.3. The largest absolute Gasteiger partial charge is 0.394 e. The van der Waals surface area contributed by atoms with Crippen molar-refractivity contribution in [3.05, 3.63) is 60.8 Å². The van der Waals surface area contributed by atoms with E-state index in [0.29, 0.717) is 6.42 Å². The first kappa shape index (κ1) is 40.1. The second-order valence-electron chi connectivity index (χ2n) is 11.4. The minimum Gasteiger partial charge on any atom is -0.394 e. The summed E-state index contributed by atoms with van der Waals surface area (Å²) in [5.41, 5.74) is 0. The highest BCUT2D eigenvalue weighted by atomic mass is 16.3. The van der Waals surface area contributed by atoms with Gasteiger partial charge in [-0.15, -0.1) is 0 Å². The number of aliphatic hydroxyl groups excluding tert-OH is 3. The first-order chi connectivity index (χ1) is 20.5. The van der Waals surface area contributed by atoms with Gasteiger partial charge in [-0.2, -0.15) is 0 Å². The molecule has 0 spiro atoms. The van der Waals surface area contributed by atoms with Gasteiger partial charge >= 0.3 is 0 Å². The standard InChI is InChI=1S/C37H65NO4/c1-3-5-7-9-11-13-15-17-19-21-23-25-27-29-31-36(41)35(33-39)38-37(42)32-34(40)30-28-26-24-22-20-18-16-14-12-10-8-6-4-2/h12-16,18,21,23,29,31,34-36,39-41H,3-11,17,19-20,22,24-28,30,32-33H2,1-2H3,(H,38,42)/b14-12-,15-13+,18-16-,23-21+,31-29+. The molecule has 42 heavy (non-hydrogen) atoms. The Bertz CT molecular complexity index is 740. The number of nitrogens with one attached hydrogen (secondary N) is 1. The summed E-state index contributed by atoms with van der Waals surface area (Å²) in [4.78, 5) is 12.3. The predicted octanol–water partition coefficient (Wildman–Crippen LogP) is 8.81. The van der Waals surface area contributed by atoms with Crippen molar-refractivity contribution in [2.75, 3.05) is 6.61 Å². The number of allylic oxidation sites excluding steroid dienone is 9. The van der Waals surface area contributed by atoms with Gasteiger partial charge in [0.1, 0.15) is 0 Å². The summed E-state index contributed by atoms with van der Waals surface area (Å²) in [5.74, 6) is -0.347. The van der Waals surface area contributed by atoms with E-state index in [4.69, 9.17) is 0 Å². The number of hydrogen-bond donors (Lipinski definition) is 4. The lowest BCUT2D eigenvalue weighted by Gasteiger charge is -2.20. The second-order valence-corrected chi connectivity index (χ2v) is 11.4. The summed E-state index contributed by atoms with van der Waals surface area (Å²) in [7, 11) is 0. The number of carbonyl (C=O) groups excluding carboxylic acids is 1. The van der Waals surface area contributed by atoms with E-state index < -0.39 is 18.2 Å². The molecule has 3 unspecified atom stereocenters. The average Bonchev–Trinajstić information content (AvgIpc) is 2.98. The fourth-order valence-electron chi connectivity index (χ4n) is 4.59. The van der Waals surface area contributed by atoms with Gasteiger partial charge in [-0.3, -0.25) is 4.79 Å². The molecule has 0 aromatic carbocycles. The van der Waals surface area contributed by atoms with Gasteiger partial charge in [-0.25, -0.2) is 0 Å². The molecule has 0 fully saturated rings. The highest BCUT2D eigenvalue weighted by Crippen LogP contribution is 2.11. The van der Waals surface area contributed by atoms with Crippen molar-refractivity contribution in [2.24, 2.45) is 0 Å². The fraction of sp³-hybridized carbons (Fsp3) is 0.703. The van der Waals surface area contributed by atoms with Gasteiger partial charge in [0.05, 0.1) is 31.3 Å². The van der Waals surface area contributed by atoms with Gasteiger partial charge < -0.3 is 20.6 Å². The smallest absolute Gasteiger partial charge is 0.222 e. The van der Waals surface area contributed by atoms with Crippen molar-refractivity contribution in [1.82, 2.24) is 5.32 Å². The van der Waals surface area contributed by atoms with Crippen LogP contribution in [0.4, 0.5) is 0 Å². The van der Waals surface area contributed by atoms with Crippen LogP contribution in [0.5, 0.6) is 0 Å². The molecule has 0 bridgehead atoms. The van der Waals surface area contributed by atoms with E-state index in [9.17, 15) is 20.1 Å². The summed E-state index contributed by atoms with van der Waals surface area (Å²) >= 11 is 0. The molecule has 4 N–H and O–H groups in total. The molecule has 0 rings (SSSR count). The molecular weight excluding hydrogens is 522 g/mol. The van der Waals surface area contributed by atoms with Crippen molar-refractivity contribution in [1.29, 1.82) is 0 Å². The van der Waals surface area contributed by atoms with E-state index in [2.05, 4.69) is 67.8 Å². The summed E-state index contributed by atoms with van der Waals surface area (Å²) in [6, 6.07) is -0.774. The summed E-state index contributed by atoms with van der Waals surface area (Å²) in [5, 5.41) is 32.9. The van der Waals surface area contributed by atoms with Crippen LogP contribution in [0.3, 0.4) is 0 Å². The van der Waals surface area contributed by atoms with Crippen molar-refractivity contribution in [3.63, 3.8) is 0 Å². The fourth-order valence-corrected chi connectivity index (χ4v) is 4.59. The Hall–Kier alpha value is -1.95. The van der Waals surface area contributed by atoms with Gasteiger partial charge in [-0.1, -0.05) is 126 Å². The van der Waals surface area contributed by atoms with Crippen molar-refractivity contribution in [3.8, 4) is 0 Å². The van der Waals surface area contributed by atoms with Crippen molar-refractivity contribution < 1.29 is 20.1 Å². The van der Waals surface area contributed by atoms with E-state index >= 15 is 0 Å². The molecule has 1 amide bonds.